The summed E-state index contributed by atoms with van der Waals surface area (Å²) in [5, 5.41) is 2.70. The van der Waals surface area contributed by atoms with Gasteiger partial charge in [0.05, 0.1) is 0 Å². The van der Waals surface area contributed by atoms with Crippen molar-refractivity contribution in [1.82, 2.24) is 15.3 Å². The monoisotopic (exact) mass is 291 g/mol. The lowest BCUT2D eigenvalue weighted by Crippen LogP contribution is -2.22. The molecule has 0 atom stereocenters. The van der Waals surface area contributed by atoms with Gasteiger partial charge in [-0.05, 0) is 29.8 Å². The quantitative estimate of drug-likeness (QED) is 0.900. The normalized spacial score (nSPS) is 11.1. The molecule has 6 nitrogen and oxygen atoms in total. The number of aromatic nitrogens is 2. The number of amides is 1. The molecule has 0 unspecified atom stereocenters. The summed E-state index contributed by atoms with van der Waals surface area (Å²) in [5.41, 5.74) is 1.17. The number of rotatable bonds is 4. The minimum absolute atomic E-state index is 0.00633. The van der Waals surface area contributed by atoms with Crippen LogP contribution in [0.1, 0.15) is 15.9 Å². The van der Waals surface area contributed by atoms with E-state index in [1.54, 1.807) is 18.2 Å². The summed E-state index contributed by atoms with van der Waals surface area (Å²) in [7, 11) is -3.35. The maximum atomic E-state index is 11.8. The number of carbonyl (C=O) groups is 1. The van der Waals surface area contributed by atoms with E-state index in [2.05, 4.69) is 15.3 Å². The molecule has 2 rings (SSSR count). The predicted octanol–water partition coefficient (Wildman–Crippen LogP) is 0.810. The topological polar surface area (TPSA) is 89.0 Å². The van der Waals surface area contributed by atoms with Crippen molar-refractivity contribution in [3.8, 4) is 0 Å². The van der Waals surface area contributed by atoms with E-state index in [4.69, 9.17) is 0 Å². The molecule has 0 fully saturated rings. The lowest BCUT2D eigenvalue weighted by atomic mass is 10.2. The number of hydrogen-bond acceptors (Lipinski definition) is 5. The second-order valence-electron chi connectivity index (χ2n) is 4.19. The highest BCUT2D eigenvalue weighted by molar-refractivity contribution is 7.90. The first kappa shape index (κ1) is 14.1. The van der Waals surface area contributed by atoms with E-state index >= 15 is 0 Å². The van der Waals surface area contributed by atoms with Crippen LogP contribution in [-0.4, -0.2) is 30.5 Å². The van der Waals surface area contributed by atoms with Crippen molar-refractivity contribution in [2.75, 3.05) is 6.26 Å². The molecule has 0 bridgehead atoms. The zero-order valence-electron chi connectivity index (χ0n) is 10.8. The molecule has 0 aliphatic heterocycles. The summed E-state index contributed by atoms with van der Waals surface area (Å²) >= 11 is 0. The van der Waals surface area contributed by atoms with Crippen molar-refractivity contribution >= 4 is 15.7 Å². The summed E-state index contributed by atoms with van der Waals surface area (Å²) in [5.74, 6) is -0.245. The van der Waals surface area contributed by atoms with E-state index in [0.717, 1.165) is 6.26 Å². The van der Waals surface area contributed by atoms with Crippen LogP contribution in [0, 0.1) is 0 Å². The van der Waals surface area contributed by atoms with Gasteiger partial charge in [0.25, 0.3) is 5.91 Å². The second-order valence-corrected chi connectivity index (χ2v) is 6.16. The van der Waals surface area contributed by atoms with Gasteiger partial charge in [-0.3, -0.25) is 9.78 Å². The van der Waals surface area contributed by atoms with Crippen LogP contribution in [0.5, 0.6) is 0 Å². The lowest BCUT2D eigenvalue weighted by Gasteiger charge is -2.06. The van der Waals surface area contributed by atoms with Gasteiger partial charge in [-0.2, -0.15) is 0 Å². The standard InChI is InChI=1S/C13H13N3O3S/c1-20(18,19)12-8-10(2-7-15-12)9-16-13(17)11-3-5-14-6-4-11/h2-8H,9H2,1H3,(H,16,17). The lowest BCUT2D eigenvalue weighted by molar-refractivity contribution is 0.0950. The highest BCUT2D eigenvalue weighted by Gasteiger charge is 2.10. The van der Waals surface area contributed by atoms with Gasteiger partial charge in [-0.1, -0.05) is 0 Å². The minimum atomic E-state index is -3.35. The Balaban J connectivity index is 2.07. The third kappa shape index (κ3) is 3.61. The Kier molecular flexibility index (Phi) is 4.09. The third-order valence-corrected chi connectivity index (χ3v) is 3.56. The minimum Gasteiger partial charge on any atom is -0.348 e. The van der Waals surface area contributed by atoms with Crippen LogP contribution in [-0.2, 0) is 16.4 Å². The number of hydrogen-bond donors (Lipinski definition) is 1. The molecule has 0 saturated heterocycles. The van der Waals surface area contributed by atoms with Crippen molar-refractivity contribution in [1.29, 1.82) is 0 Å². The molecule has 7 heteroatoms. The Labute approximate surface area is 116 Å². The SMILES string of the molecule is CS(=O)(=O)c1cc(CNC(=O)c2ccncc2)ccn1. The maximum Gasteiger partial charge on any atom is 0.251 e. The van der Waals surface area contributed by atoms with Gasteiger partial charge >= 0.3 is 0 Å². The highest BCUT2D eigenvalue weighted by atomic mass is 32.2. The van der Waals surface area contributed by atoms with Gasteiger partial charge in [0.2, 0.25) is 0 Å². The fourth-order valence-electron chi connectivity index (χ4n) is 1.55. The van der Waals surface area contributed by atoms with E-state index in [1.165, 1.54) is 24.7 Å². The average molecular weight is 291 g/mol. The van der Waals surface area contributed by atoms with Crippen molar-refractivity contribution < 1.29 is 13.2 Å². The summed E-state index contributed by atoms with van der Waals surface area (Å²) < 4.78 is 22.8. The Hall–Kier alpha value is -2.28. The molecule has 2 heterocycles. The number of sulfone groups is 1. The van der Waals surface area contributed by atoms with Crippen LogP contribution in [0.2, 0.25) is 0 Å². The van der Waals surface area contributed by atoms with E-state index in [-0.39, 0.29) is 17.5 Å². The Bertz CT molecular complexity index is 715. The van der Waals surface area contributed by atoms with Crippen LogP contribution in [0.15, 0.2) is 47.9 Å². The zero-order valence-corrected chi connectivity index (χ0v) is 11.6. The fraction of sp³-hybridized carbons (Fsp3) is 0.154. The van der Waals surface area contributed by atoms with Gasteiger partial charge in [0.1, 0.15) is 0 Å². The first-order valence-corrected chi connectivity index (χ1v) is 7.69. The molecule has 0 aromatic carbocycles. The van der Waals surface area contributed by atoms with Crippen LogP contribution >= 0.6 is 0 Å². The number of carbonyl (C=O) groups excluding carboxylic acids is 1. The van der Waals surface area contributed by atoms with E-state index < -0.39 is 9.84 Å². The van der Waals surface area contributed by atoms with Gasteiger partial charge in [0.15, 0.2) is 14.9 Å². The second kappa shape index (κ2) is 5.79. The smallest absolute Gasteiger partial charge is 0.251 e. The van der Waals surface area contributed by atoms with Crippen molar-refractivity contribution in [3.05, 3.63) is 54.0 Å². The van der Waals surface area contributed by atoms with Crippen LogP contribution in [0.25, 0.3) is 0 Å². The largest absolute Gasteiger partial charge is 0.348 e. The Morgan fingerprint density at radius 1 is 1.20 bits per heavy atom. The molecular formula is C13H13N3O3S. The van der Waals surface area contributed by atoms with Gasteiger partial charge in [0, 0.05) is 37.0 Å². The van der Waals surface area contributed by atoms with Crippen LogP contribution < -0.4 is 5.32 Å². The molecule has 0 aliphatic rings. The summed E-state index contributed by atoms with van der Waals surface area (Å²) in [6, 6.07) is 6.30. The van der Waals surface area contributed by atoms with Crippen molar-refractivity contribution in [2.24, 2.45) is 0 Å². The van der Waals surface area contributed by atoms with Crippen LogP contribution in [0.3, 0.4) is 0 Å². The molecule has 20 heavy (non-hydrogen) atoms. The number of nitrogens with one attached hydrogen (secondary N) is 1. The molecule has 0 spiro atoms. The van der Waals surface area contributed by atoms with E-state index in [1.807, 2.05) is 0 Å². The molecule has 0 radical (unpaired) electrons. The highest BCUT2D eigenvalue weighted by Crippen LogP contribution is 2.08. The Morgan fingerprint density at radius 2 is 1.90 bits per heavy atom. The Morgan fingerprint density at radius 3 is 2.55 bits per heavy atom. The van der Waals surface area contributed by atoms with E-state index in [9.17, 15) is 13.2 Å². The van der Waals surface area contributed by atoms with Crippen LogP contribution in [0.4, 0.5) is 0 Å². The zero-order chi connectivity index (χ0) is 14.6. The van der Waals surface area contributed by atoms with Gasteiger partial charge in [-0.15, -0.1) is 0 Å². The summed E-state index contributed by atoms with van der Waals surface area (Å²) in [6.07, 6.45) is 5.56. The predicted molar refractivity (Wildman–Crippen MR) is 72.8 cm³/mol. The number of pyridine rings is 2. The van der Waals surface area contributed by atoms with Gasteiger partial charge in [-0.25, -0.2) is 13.4 Å². The van der Waals surface area contributed by atoms with Crippen molar-refractivity contribution in [3.63, 3.8) is 0 Å². The molecule has 0 aliphatic carbocycles. The molecule has 104 valence electrons. The summed E-state index contributed by atoms with van der Waals surface area (Å²) in [6.45, 7) is 0.228. The number of nitrogens with zero attached hydrogens (tertiary/aromatic N) is 2. The molecule has 1 amide bonds. The molecule has 2 aromatic heterocycles. The third-order valence-electron chi connectivity index (χ3n) is 2.57. The maximum absolute atomic E-state index is 11.8. The van der Waals surface area contributed by atoms with E-state index in [0.29, 0.717) is 11.1 Å². The first-order valence-electron chi connectivity index (χ1n) is 5.80. The van der Waals surface area contributed by atoms with Crippen molar-refractivity contribution in [2.45, 2.75) is 11.6 Å². The van der Waals surface area contributed by atoms with Gasteiger partial charge < -0.3 is 5.32 Å². The molecular weight excluding hydrogens is 278 g/mol. The average Bonchev–Trinajstić information content (AvgIpc) is 2.45. The fourth-order valence-corrected chi connectivity index (χ4v) is 2.17. The summed E-state index contributed by atoms with van der Waals surface area (Å²) in [4.78, 5) is 19.4. The molecule has 0 saturated carbocycles. The molecule has 2 aromatic rings. The first-order chi connectivity index (χ1) is 9.47. The molecule has 1 N–H and O–H groups in total.